The Morgan fingerprint density at radius 2 is 1.89 bits per heavy atom. The van der Waals surface area contributed by atoms with Crippen LogP contribution in [-0.2, 0) is 26.7 Å². The van der Waals surface area contributed by atoms with E-state index >= 15 is 0 Å². The highest BCUT2D eigenvalue weighted by Crippen LogP contribution is 2.39. The maximum Gasteiger partial charge on any atom is 0.326 e. The molecule has 0 unspecified atom stereocenters. The Hall–Kier alpha value is -2.30. The lowest BCUT2D eigenvalue weighted by atomic mass is 10.2. The van der Waals surface area contributed by atoms with Gasteiger partial charge in [0.05, 0.1) is 22.9 Å². The zero-order chi connectivity index (χ0) is 19.2. The smallest absolute Gasteiger partial charge is 0.326 e. The Bertz CT molecular complexity index is 1100. The van der Waals surface area contributed by atoms with Crippen molar-refractivity contribution in [2.24, 2.45) is 0 Å². The molecule has 0 amide bonds. The molecule has 0 spiro atoms. The molecule has 1 N–H and O–H groups in total. The average Bonchev–Trinajstić information content (AvgIpc) is 3.18. The highest BCUT2D eigenvalue weighted by molar-refractivity contribution is 7.94. The van der Waals surface area contributed by atoms with Gasteiger partial charge in [0.15, 0.2) is 0 Å². The van der Waals surface area contributed by atoms with Crippen LogP contribution < -0.4 is 18.1 Å². The van der Waals surface area contributed by atoms with E-state index in [4.69, 9.17) is 4.74 Å². The SMILES string of the molecule is CN1c2ccccc2N(CCNS(=O)(=O)c2ccc3c(c2)CCO3)S1(=O)=O. The molecule has 0 aromatic heterocycles. The topological polar surface area (TPSA) is 96.0 Å². The summed E-state index contributed by atoms with van der Waals surface area (Å²) in [6.07, 6.45) is 0.674. The standard InChI is InChI=1S/C17H19N3O5S2/c1-19-15-4-2-3-5-16(15)20(27(19,23)24)10-9-18-26(21,22)14-6-7-17-13(12-14)8-11-25-17/h2-7,12,18H,8-11H2,1H3. The zero-order valence-corrected chi connectivity index (χ0v) is 16.3. The van der Waals surface area contributed by atoms with Crippen LogP contribution >= 0.6 is 0 Å². The molecular formula is C17H19N3O5S2. The van der Waals surface area contributed by atoms with E-state index in [-0.39, 0.29) is 18.0 Å². The van der Waals surface area contributed by atoms with Crippen molar-refractivity contribution >= 4 is 31.6 Å². The molecule has 10 heteroatoms. The number of anilines is 2. The number of rotatable bonds is 5. The van der Waals surface area contributed by atoms with E-state index in [1.54, 1.807) is 36.4 Å². The second-order valence-electron chi connectivity index (χ2n) is 6.30. The molecule has 0 aliphatic carbocycles. The van der Waals surface area contributed by atoms with Gasteiger partial charge in [0, 0.05) is 26.6 Å². The summed E-state index contributed by atoms with van der Waals surface area (Å²) >= 11 is 0. The van der Waals surface area contributed by atoms with Crippen molar-refractivity contribution in [1.82, 2.24) is 4.72 Å². The number of ether oxygens (including phenoxy) is 1. The third-order valence-electron chi connectivity index (χ3n) is 4.69. The lowest BCUT2D eigenvalue weighted by Crippen LogP contribution is -2.40. The van der Waals surface area contributed by atoms with Crippen molar-refractivity contribution in [3.8, 4) is 5.75 Å². The molecule has 0 bridgehead atoms. The predicted molar refractivity (Wildman–Crippen MR) is 102 cm³/mol. The molecule has 2 aliphatic heterocycles. The van der Waals surface area contributed by atoms with Crippen molar-refractivity contribution in [3.05, 3.63) is 48.0 Å². The maximum atomic E-state index is 12.6. The van der Waals surface area contributed by atoms with Gasteiger partial charge in [-0.05, 0) is 35.9 Å². The van der Waals surface area contributed by atoms with Crippen LogP contribution in [0.25, 0.3) is 0 Å². The summed E-state index contributed by atoms with van der Waals surface area (Å²) in [6.45, 7) is 0.500. The van der Waals surface area contributed by atoms with Crippen molar-refractivity contribution in [1.29, 1.82) is 0 Å². The average molecular weight is 409 g/mol. The van der Waals surface area contributed by atoms with Crippen molar-refractivity contribution in [2.75, 3.05) is 35.4 Å². The molecule has 144 valence electrons. The minimum atomic E-state index is -3.74. The number of nitrogens with zero attached hydrogens (tertiary/aromatic N) is 2. The maximum absolute atomic E-state index is 12.6. The van der Waals surface area contributed by atoms with E-state index in [1.807, 2.05) is 0 Å². The first-order chi connectivity index (χ1) is 12.8. The Kier molecular flexibility index (Phi) is 4.28. The van der Waals surface area contributed by atoms with Crippen molar-refractivity contribution < 1.29 is 21.6 Å². The number of benzene rings is 2. The highest BCUT2D eigenvalue weighted by Gasteiger charge is 2.37. The Morgan fingerprint density at radius 3 is 2.67 bits per heavy atom. The number of nitrogens with one attached hydrogen (secondary N) is 1. The van der Waals surface area contributed by atoms with Crippen LogP contribution in [0.3, 0.4) is 0 Å². The van der Waals surface area contributed by atoms with Gasteiger partial charge in [0.2, 0.25) is 10.0 Å². The molecule has 2 heterocycles. The zero-order valence-electron chi connectivity index (χ0n) is 14.6. The fourth-order valence-corrected chi connectivity index (χ4v) is 5.76. The van der Waals surface area contributed by atoms with Crippen LogP contribution in [-0.4, -0.2) is 43.6 Å². The first-order valence-electron chi connectivity index (χ1n) is 8.42. The van der Waals surface area contributed by atoms with Crippen molar-refractivity contribution in [3.63, 3.8) is 0 Å². The Morgan fingerprint density at radius 1 is 1.15 bits per heavy atom. The van der Waals surface area contributed by atoms with Crippen LogP contribution in [0.1, 0.15) is 5.56 Å². The number of hydrogen-bond acceptors (Lipinski definition) is 5. The summed E-state index contributed by atoms with van der Waals surface area (Å²) in [6, 6.07) is 11.6. The van der Waals surface area contributed by atoms with Crippen LogP contribution in [0.5, 0.6) is 5.75 Å². The molecule has 4 rings (SSSR count). The van der Waals surface area contributed by atoms with Gasteiger partial charge in [-0.3, -0.25) is 4.31 Å². The summed E-state index contributed by atoms with van der Waals surface area (Å²) in [5, 5.41) is 0. The number of para-hydroxylation sites is 2. The van der Waals surface area contributed by atoms with Gasteiger partial charge in [-0.15, -0.1) is 0 Å². The van der Waals surface area contributed by atoms with E-state index in [2.05, 4.69) is 4.72 Å². The second-order valence-corrected chi connectivity index (χ2v) is 9.95. The molecule has 0 fully saturated rings. The fraction of sp³-hybridized carbons (Fsp3) is 0.294. The van der Waals surface area contributed by atoms with Gasteiger partial charge in [-0.2, -0.15) is 8.42 Å². The summed E-state index contributed by atoms with van der Waals surface area (Å²) in [4.78, 5) is 0.147. The van der Waals surface area contributed by atoms with E-state index in [9.17, 15) is 16.8 Å². The van der Waals surface area contributed by atoms with Crippen LogP contribution in [0.4, 0.5) is 11.4 Å². The number of hydrogen-bond donors (Lipinski definition) is 1. The molecule has 2 aromatic rings. The monoisotopic (exact) mass is 409 g/mol. The molecule has 8 nitrogen and oxygen atoms in total. The molecule has 2 aromatic carbocycles. The molecule has 0 atom stereocenters. The summed E-state index contributed by atoms with van der Waals surface area (Å²) in [7, 11) is -5.97. The van der Waals surface area contributed by atoms with E-state index in [0.717, 1.165) is 5.56 Å². The summed E-state index contributed by atoms with van der Waals surface area (Å²) in [5.41, 5.74) is 1.96. The fourth-order valence-electron chi connectivity index (χ4n) is 3.27. The lowest BCUT2D eigenvalue weighted by molar-refractivity contribution is 0.356. The van der Waals surface area contributed by atoms with Gasteiger partial charge < -0.3 is 4.74 Å². The molecule has 0 saturated carbocycles. The minimum Gasteiger partial charge on any atom is -0.493 e. The van der Waals surface area contributed by atoms with Crippen LogP contribution in [0.2, 0.25) is 0 Å². The lowest BCUT2D eigenvalue weighted by Gasteiger charge is -2.19. The van der Waals surface area contributed by atoms with Crippen molar-refractivity contribution in [2.45, 2.75) is 11.3 Å². The van der Waals surface area contributed by atoms with Gasteiger partial charge in [-0.25, -0.2) is 17.4 Å². The summed E-state index contributed by atoms with van der Waals surface area (Å²) in [5.74, 6) is 0.705. The van der Waals surface area contributed by atoms with Gasteiger partial charge in [0.25, 0.3) is 0 Å². The number of fused-ring (bicyclic) bond motifs is 2. The van der Waals surface area contributed by atoms with Crippen LogP contribution in [0, 0.1) is 0 Å². The van der Waals surface area contributed by atoms with E-state index < -0.39 is 20.2 Å². The second kappa shape index (κ2) is 6.39. The first-order valence-corrected chi connectivity index (χ1v) is 11.3. The molecule has 0 saturated heterocycles. The van der Waals surface area contributed by atoms with E-state index in [0.29, 0.717) is 30.2 Å². The Balaban J connectivity index is 1.50. The quantitative estimate of drug-likeness (QED) is 0.798. The van der Waals surface area contributed by atoms with Crippen LogP contribution in [0.15, 0.2) is 47.4 Å². The summed E-state index contributed by atoms with van der Waals surface area (Å²) < 4.78 is 60.5. The van der Waals surface area contributed by atoms with Gasteiger partial charge >= 0.3 is 10.2 Å². The largest absolute Gasteiger partial charge is 0.493 e. The highest BCUT2D eigenvalue weighted by atomic mass is 32.2. The number of sulfonamides is 1. The third-order valence-corrected chi connectivity index (χ3v) is 7.98. The van der Waals surface area contributed by atoms with Gasteiger partial charge in [-0.1, -0.05) is 12.1 Å². The third kappa shape index (κ3) is 3.03. The molecule has 0 radical (unpaired) electrons. The molecule has 27 heavy (non-hydrogen) atoms. The van der Waals surface area contributed by atoms with E-state index in [1.165, 1.54) is 21.7 Å². The predicted octanol–water partition coefficient (Wildman–Crippen LogP) is 1.10. The normalized spacial score (nSPS) is 17.5. The van der Waals surface area contributed by atoms with Gasteiger partial charge in [0.1, 0.15) is 5.75 Å². The molecule has 2 aliphatic rings. The Labute approximate surface area is 158 Å². The molecular weight excluding hydrogens is 390 g/mol. The minimum absolute atomic E-state index is 0.00301. The first kappa shape index (κ1) is 18.1.